The number of nitrogens with one attached hydrogen (secondary N) is 1. The Morgan fingerprint density at radius 2 is 1.80 bits per heavy atom. The number of likely N-dealkylation sites (tertiary alicyclic amines) is 1. The zero-order valence-electron chi connectivity index (χ0n) is 25.9. The number of aliphatic hydroxyl groups is 2. The molecule has 3 N–H and O–H groups in total. The summed E-state index contributed by atoms with van der Waals surface area (Å²) in [5.74, 6) is 3.98. The first kappa shape index (κ1) is 30.1. The molecule has 4 aliphatic carbocycles. The number of fused-ring (bicyclic) bond motifs is 5. The van der Waals surface area contributed by atoms with Crippen molar-refractivity contribution in [3.8, 4) is 0 Å². The number of allylic oxidation sites excluding steroid dienone is 1. The number of aliphatic hydroxyl groups excluding tert-OH is 1. The molecule has 1 heterocycles. The normalized spacial score (nSPS) is 39.0. The molecule has 8 atom stereocenters. The van der Waals surface area contributed by atoms with Crippen molar-refractivity contribution in [3.05, 3.63) is 11.6 Å². The van der Waals surface area contributed by atoms with Crippen molar-refractivity contribution in [1.29, 1.82) is 0 Å². The predicted molar refractivity (Wildman–Crippen MR) is 158 cm³/mol. The van der Waals surface area contributed by atoms with E-state index in [1.54, 1.807) is 5.57 Å². The van der Waals surface area contributed by atoms with Gasteiger partial charge >= 0.3 is 0 Å². The topological polar surface area (TPSA) is 89.9 Å². The highest BCUT2D eigenvalue weighted by molar-refractivity contribution is 5.83. The van der Waals surface area contributed by atoms with Crippen LogP contribution in [0.4, 0.5) is 0 Å². The number of rotatable bonds is 7. The summed E-state index contributed by atoms with van der Waals surface area (Å²) in [5, 5.41) is 23.0. The molecule has 2 amide bonds. The molecule has 0 aromatic carbocycles. The van der Waals surface area contributed by atoms with Crippen LogP contribution in [0, 0.1) is 46.3 Å². The number of nitrogens with zero attached hydrogens (tertiary/aromatic N) is 1. The lowest BCUT2D eigenvalue weighted by atomic mass is 9.47. The summed E-state index contributed by atoms with van der Waals surface area (Å²) < 4.78 is 0. The van der Waals surface area contributed by atoms with Crippen LogP contribution < -0.4 is 5.32 Å². The van der Waals surface area contributed by atoms with E-state index in [9.17, 15) is 19.8 Å². The molecule has 4 fully saturated rings. The molecule has 1 unspecified atom stereocenters. The fourth-order valence-corrected chi connectivity index (χ4v) is 10.2. The fourth-order valence-electron chi connectivity index (χ4n) is 10.2. The van der Waals surface area contributed by atoms with Gasteiger partial charge in [-0.25, -0.2) is 0 Å². The van der Waals surface area contributed by atoms with Crippen molar-refractivity contribution in [2.45, 2.75) is 123 Å². The molecular weight excluding hydrogens is 500 g/mol. The number of amides is 2. The molecule has 6 heteroatoms. The van der Waals surface area contributed by atoms with Gasteiger partial charge in [-0.15, -0.1) is 0 Å². The van der Waals surface area contributed by atoms with Crippen LogP contribution in [0.15, 0.2) is 11.6 Å². The van der Waals surface area contributed by atoms with E-state index in [4.69, 9.17) is 0 Å². The molecule has 5 rings (SSSR count). The molecule has 3 saturated carbocycles. The van der Waals surface area contributed by atoms with E-state index in [0.29, 0.717) is 47.5 Å². The maximum Gasteiger partial charge on any atom is 0.251 e. The predicted octanol–water partition coefficient (Wildman–Crippen LogP) is 5.47. The van der Waals surface area contributed by atoms with E-state index >= 15 is 0 Å². The lowest BCUT2D eigenvalue weighted by Crippen LogP contribution is -2.50. The van der Waals surface area contributed by atoms with Crippen molar-refractivity contribution >= 4 is 11.8 Å². The average molecular weight is 557 g/mol. The minimum absolute atomic E-state index is 0.136. The maximum atomic E-state index is 13.2. The molecule has 0 spiro atoms. The van der Waals surface area contributed by atoms with Crippen LogP contribution in [-0.2, 0) is 9.59 Å². The molecule has 0 aromatic heterocycles. The van der Waals surface area contributed by atoms with E-state index in [0.717, 1.165) is 69.4 Å². The Balaban J connectivity index is 1.11. The van der Waals surface area contributed by atoms with Gasteiger partial charge in [0.1, 0.15) is 5.60 Å². The molecular formula is C34H56N2O4. The number of piperidine rings is 1. The highest BCUT2D eigenvalue weighted by atomic mass is 16.3. The summed E-state index contributed by atoms with van der Waals surface area (Å²) in [6, 6.07) is 0. The minimum atomic E-state index is -1.35. The number of hydrogen-bond acceptors (Lipinski definition) is 4. The van der Waals surface area contributed by atoms with Gasteiger partial charge in [-0.1, -0.05) is 32.4 Å². The van der Waals surface area contributed by atoms with Gasteiger partial charge in [0.25, 0.3) is 5.91 Å². The smallest absolute Gasteiger partial charge is 0.251 e. The first-order valence-electron chi connectivity index (χ1n) is 16.5. The third-order valence-corrected chi connectivity index (χ3v) is 12.7. The number of carbonyl (C=O) groups is 2. The lowest BCUT2D eigenvalue weighted by molar-refractivity contribution is -0.137. The van der Waals surface area contributed by atoms with Crippen molar-refractivity contribution in [2.75, 3.05) is 19.6 Å². The standard InChI is InChI=1S/C34H56N2O4/c1-22(6-11-30(38)36-18-14-23(15-19-36)21-35-31(39)32(2,3)40)27-9-10-28-26-8-7-24-20-25(37)12-16-33(24,4)29(26)13-17-34(27,28)5/h7,22-23,25-29,37,40H,6,8-21H2,1-5H3,(H,35,39)/t22?,25-,26-,27+,28-,29-,33-,34+/m0/s1. The van der Waals surface area contributed by atoms with Crippen molar-refractivity contribution < 1.29 is 19.8 Å². The van der Waals surface area contributed by atoms with Gasteiger partial charge < -0.3 is 20.4 Å². The Hall–Kier alpha value is -1.40. The highest BCUT2D eigenvalue weighted by Gasteiger charge is 2.59. The zero-order valence-corrected chi connectivity index (χ0v) is 25.9. The minimum Gasteiger partial charge on any atom is -0.393 e. The second-order valence-electron chi connectivity index (χ2n) is 15.5. The molecule has 1 saturated heterocycles. The monoisotopic (exact) mass is 556 g/mol. The highest BCUT2D eigenvalue weighted by Crippen LogP contribution is 2.67. The molecule has 5 aliphatic rings. The van der Waals surface area contributed by atoms with Crippen molar-refractivity contribution in [2.24, 2.45) is 46.3 Å². The molecule has 40 heavy (non-hydrogen) atoms. The van der Waals surface area contributed by atoms with Gasteiger partial charge in [0.05, 0.1) is 6.10 Å². The summed E-state index contributed by atoms with van der Waals surface area (Å²) in [7, 11) is 0. The quantitative estimate of drug-likeness (QED) is 0.363. The van der Waals surface area contributed by atoms with E-state index in [1.807, 2.05) is 4.90 Å². The van der Waals surface area contributed by atoms with E-state index in [-0.39, 0.29) is 12.0 Å². The van der Waals surface area contributed by atoms with Gasteiger partial charge in [0.15, 0.2) is 0 Å². The fraction of sp³-hybridized carbons (Fsp3) is 0.882. The summed E-state index contributed by atoms with van der Waals surface area (Å²) in [6.07, 6.45) is 15.4. The summed E-state index contributed by atoms with van der Waals surface area (Å²) in [6.45, 7) is 12.7. The van der Waals surface area contributed by atoms with E-state index in [2.05, 4.69) is 32.2 Å². The summed E-state index contributed by atoms with van der Waals surface area (Å²) in [5.41, 5.74) is 0.901. The van der Waals surface area contributed by atoms with Gasteiger partial charge in [-0.05, 0) is 131 Å². The van der Waals surface area contributed by atoms with Crippen molar-refractivity contribution in [1.82, 2.24) is 10.2 Å². The molecule has 1 aliphatic heterocycles. The first-order chi connectivity index (χ1) is 18.8. The molecule has 0 radical (unpaired) electrons. The lowest BCUT2D eigenvalue weighted by Gasteiger charge is -2.58. The molecule has 0 bridgehead atoms. The average Bonchev–Trinajstić information content (AvgIpc) is 3.27. The summed E-state index contributed by atoms with van der Waals surface area (Å²) >= 11 is 0. The third-order valence-electron chi connectivity index (χ3n) is 12.7. The Morgan fingerprint density at radius 1 is 1.07 bits per heavy atom. The van der Waals surface area contributed by atoms with E-state index < -0.39 is 5.60 Å². The Bertz CT molecular complexity index is 979. The largest absolute Gasteiger partial charge is 0.393 e. The van der Waals surface area contributed by atoms with Crippen molar-refractivity contribution in [3.63, 3.8) is 0 Å². The second-order valence-corrected chi connectivity index (χ2v) is 15.5. The van der Waals surface area contributed by atoms with Gasteiger partial charge in [-0.3, -0.25) is 9.59 Å². The third kappa shape index (κ3) is 5.65. The summed E-state index contributed by atoms with van der Waals surface area (Å²) in [4.78, 5) is 27.2. The molecule has 0 aromatic rings. The van der Waals surface area contributed by atoms with Crippen LogP contribution >= 0.6 is 0 Å². The van der Waals surface area contributed by atoms with Crippen LogP contribution in [0.3, 0.4) is 0 Å². The van der Waals surface area contributed by atoms with E-state index in [1.165, 1.54) is 46.0 Å². The second kappa shape index (κ2) is 11.4. The SMILES string of the molecule is CC(CCC(=O)N1CCC(CNC(=O)C(C)(C)O)CC1)[C@H]1CC[C@H]2[C@@H]3CC=C4C[C@@H](O)CC[C@]4(C)[C@H]3CC[C@]12C. The van der Waals surface area contributed by atoms with Gasteiger partial charge in [0, 0.05) is 26.1 Å². The van der Waals surface area contributed by atoms with Gasteiger partial charge in [0.2, 0.25) is 5.91 Å². The zero-order chi connectivity index (χ0) is 28.9. The maximum absolute atomic E-state index is 13.2. The Kier molecular flexibility index (Phi) is 8.54. The number of hydrogen-bond donors (Lipinski definition) is 3. The Labute approximate surface area is 242 Å². The van der Waals surface area contributed by atoms with Crippen LogP contribution in [-0.4, -0.2) is 58.3 Å². The number of carbonyl (C=O) groups excluding carboxylic acids is 2. The van der Waals surface area contributed by atoms with Crippen LogP contribution in [0.5, 0.6) is 0 Å². The van der Waals surface area contributed by atoms with Crippen LogP contribution in [0.25, 0.3) is 0 Å². The first-order valence-corrected chi connectivity index (χ1v) is 16.5. The van der Waals surface area contributed by atoms with Gasteiger partial charge in [-0.2, -0.15) is 0 Å². The molecule has 6 nitrogen and oxygen atoms in total. The van der Waals surface area contributed by atoms with Crippen LogP contribution in [0.1, 0.15) is 112 Å². The molecule has 226 valence electrons. The Morgan fingerprint density at radius 3 is 2.50 bits per heavy atom. The van der Waals surface area contributed by atoms with Crippen LogP contribution in [0.2, 0.25) is 0 Å².